The summed E-state index contributed by atoms with van der Waals surface area (Å²) in [6.07, 6.45) is 6.79. The number of hydrazine groups is 1. The summed E-state index contributed by atoms with van der Waals surface area (Å²) in [5.41, 5.74) is 5.65. The van der Waals surface area contributed by atoms with Crippen molar-refractivity contribution in [1.29, 1.82) is 0 Å². The molecule has 4 rings (SSSR count). The Labute approximate surface area is 318 Å². The van der Waals surface area contributed by atoms with Crippen LogP contribution < -0.4 is 20.8 Å². The second-order valence-electron chi connectivity index (χ2n) is 13.6. The van der Waals surface area contributed by atoms with Gasteiger partial charge in [-0.3, -0.25) is 20.0 Å². The molecule has 0 aliphatic heterocycles. The number of nitrogens with zero attached hydrogens (tertiary/aromatic N) is 3. The summed E-state index contributed by atoms with van der Waals surface area (Å²) < 4.78 is 17.8. The lowest BCUT2D eigenvalue weighted by atomic mass is 10.0. The summed E-state index contributed by atoms with van der Waals surface area (Å²) >= 11 is 0. The SMILES string of the molecule is C#CCN(CC(=O)N[C@@H](Cc1ccc(OC(C)(C)C)cc1)C(=O)N(Cc1cccc2ncccc12)CC(OCC)OCC)NC(=O)NCc1ccccc1. The highest BCUT2D eigenvalue weighted by Crippen LogP contribution is 2.22. The number of pyridine rings is 1. The molecule has 4 amide bonds. The van der Waals surface area contributed by atoms with E-state index in [-0.39, 0.29) is 50.7 Å². The molecule has 4 aromatic rings. The number of amides is 4. The van der Waals surface area contributed by atoms with E-state index in [4.69, 9.17) is 20.6 Å². The lowest BCUT2D eigenvalue weighted by molar-refractivity contribution is -0.161. The van der Waals surface area contributed by atoms with Gasteiger partial charge >= 0.3 is 6.03 Å². The van der Waals surface area contributed by atoms with Crippen LogP contribution in [0.3, 0.4) is 0 Å². The number of terminal acetylenes is 1. The first kappa shape index (κ1) is 41.3. The Morgan fingerprint density at radius 3 is 2.28 bits per heavy atom. The third kappa shape index (κ3) is 13.5. The molecule has 0 fully saturated rings. The van der Waals surface area contributed by atoms with Gasteiger partial charge in [-0.15, -0.1) is 6.42 Å². The molecule has 1 aromatic heterocycles. The van der Waals surface area contributed by atoms with Crippen LogP contribution in [0.2, 0.25) is 0 Å². The van der Waals surface area contributed by atoms with Gasteiger partial charge in [0.25, 0.3) is 0 Å². The number of hydrogen-bond acceptors (Lipinski definition) is 8. The highest BCUT2D eigenvalue weighted by molar-refractivity contribution is 5.89. The zero-order chi connectivity index (χ0) is 38.9. The molecule has 286 valence electrons. The molecule has 0 unspecified atom stereocenters. The minimum Gasteiger partial charge on any atom is -0.488 e. The molecule has 0 aliphatic rings. The number of fused-ring (bicyclic) bond motifs is 1. The Morgan fingerprint density at radius 2 is 1.61 bits per heavy atom. The van der Waals surface area contributed by atoms with Gasteiger partial charge in [-0.05, 0) is 75.6 Å². The van der Waals surface area contributed by atoms with Gasteiger partial charge in [0.1, 0.15) is 17.4 Å². The Balaban J connectivity index is 1.60. The van der Waals surface area contributed by atoms with Crippen LogP contribution in [0.5, 0.6) is 5.75 Å². The van der Waals surface area contributed by atoms with Gasteiger partial charge in [-0.1, -0.05) is 66.6 Å². The van der Waals surface area contributed by atoms with Crippen LogP contribution in [0.25, 0.3) is 10.9 Å². The predicted octanol–water partition coefficient (Wildman–Crippen LogP) is 5.22. The van der Waals surface area contributed by atoms with E-state index in [9.17, 15) is 14.4 Å². The van der Waals surface area contributed by atoms with Crippen molar-refractivity contribution in [1.82, 2.24) is 31.0 Å². The van der Waals surface area contributed by atoms with Crippen molar-refractivity contribution in [2.45, 2.75) is 72.1 Å². The Bertz CT molecular complexity index is 1830. The van der Waals surface area contributed by atoms with Crippen molar-refractivity contribution in [3.8, 4) is 18.1 Å². The van der Waals surface area contributed by atoms with Crippen LogP contribution in [0, 0.1) is 12.3 Å². The number of benzene rings is 3. The number of urea groups is 1. The largest absolute Gasteiger partial charge is 0.488 e. The first-order chi connectivity index (χ1) is 26.0. The summed E-state index contributed by atoms with van der Waals surface area (Å²) in [7, 11) is 0. The van der Waals surface area contributed by atoms with Gasteiger partial charge in [0, 0.05) is 44.3 Å². The van der Waals surface area contributed by atoms with Crippen molar-refractivity contribution >= 4 is 28.7 Å². The topological polar surface area (TPSA) is 134 Å². The quantitative estimate of drug-likeness (QED) is 0.0679. The zero-order valence-corrected chi connectivity index (χ0v) is 31.8. The molecular formula is C42H52N6O6. The van der Waals surface area contributed by atoms with E-state index >= 15 is 0 Å². The minimum atomic E-state index is -1.01. The van der Waals surface area contributed by atoms with E-state index in [0.29, 0.717) is 19.0 Å². The van der Waals surface area contributed by atoms with Gasteiger partial charge in [-0.2, -0.15) is 5.01 Å². The van der Waals surface area contributed by atoms with Gasteiger partial charge in [0.2, 0.25) is 11.8 Å². The molecule has 0 aliphatic carbocycles. The maximum Gasteiger partial charge on any atom is 0.329 e. The lowest BCUT2D eigenvalue weighted by Gasteiger charge is -2.32. The van der Waals surface area contributed by atoms with E-state index in [2.05, 4.69) is 27.0 Å². The molecular weight excluding hydrogens is 684 g/mol. The summed E-state index contributed by atoms with van der Waals surface area (Å²) in [5.74, 6) is 2.30. The molecule has 12 nitrogen and oxygen atoms in total. The van der Waals surface area contributed by atoms with E-state index in [0.717, 1.165) is 27.6 Å². The van der Waals surface area contributed by atoms with Gasteiger partial charge in [-0.25, -0.2) is 4.79 Å². The van der Waals surface area contributed by atoms with Crippen molar-refractivity contribution < 1.29 is 28.6 Å². The van der Waals surface area contributed by atoms with E-state index in [1.807, 2.05) is 120 Å². The van der Waals surface area contributed by atoms with Crippen molar-refractivity contribution in [2.75, 3.05) is 32.8 Å². The van der Waals surface area contributed by atoms with Crippen LogP contribution in [-0.2, 0) is 38.6 Å². The molecule has 3 N–H and O–H groups in total. The highest BCUT2D eigenvalue weighted by atomic mass is 16.7. The smallest absolute Gasteiger partial charge is 0.329 e. The van der Waals surface area contributed by atoms with Gasteiger partial charge in [0.05, 0.1) is 25.2 Å². The van der Waals surface area contributed by atoms with Crippen LogP contribution in [0.15, 0.2) is 91.1 Å². The third-order valence-corrected chi connectivity index (χ3v) is 8.08. The Kier molecular flexibility index (Phi) is 15.8. The Hall–Kier alpha value is -5.48. The number of carbonyl (C=O) groups excluding carboxylic acids is 3. The van der Waals surface area contributed by atoms with Gasteiger partial charge in [0.15, 0.2) is 6.29 Å². The fraction of sp³-hybridized carbons (Fsp3) is 0.381. The molecule has 0 saturated heterocycles. The van der Waals surface area contributed by atoms with Crippen molar-refractivity contribution in [3.05, 3.63) is 108 Å². The summed E-state index contributed by atoms with van der Waals surface area (Å²) in [4.78, 5) is 47.4. The van der Waals surface area contributed by atoms with Crippen LogP contribution in [-0.4, -0.2) is 83.5 Å². The fourth-order valence-corrected chi connectivity index (χ4v) is 5.77. The predicted molar refractivity (Wildman–Crippen MR) is 209 cm³/mol. The lowest BCUT2D eigenvalue weighted by Crippen LogP contribution is -2.55. The van der Waals surface area contributed by atoms with Crippen LogP contribution >= 0.6 is 0 Å². The fourth-order valence-electron chi connectivity index (χ4n) is 5.77. The average Bonchev–Trinajstić information content (AvgIpc) is 3.14. The minimum absolute atomic E-state index is 0.0499. The second kappa shape index (κ2) is 20.7. The molecule has 12 heteroatoms. The maximum absolute atomic E-state index is 14.8. The number of ether oxygens (including phenoxy) is 3. The van der Waals surface area contributed by atoms with E-state index in [1.54, 1.807) is 11.1 Å². The number of carbonyl (C=O) groups is 3. The molecule has 0 spiro atoms. The molecule has 1 heterocycles. The Morgan fingerprint density at radius 1 is 0.889 bits per heavy atom. The first-order valence-electron chi connectivity index (χ1n) is 18.2. The van der Waals surface area contributed by atoms with Crippen LogP contribution in [0.1, 0.15) is 51.3 Å². The molecule has 0 saturated carbocycles. The van der Waals surface area contributed by atoms with E-state index < -0.39 is 24.3 Å². The zero-order valence-electron chi connectivity index (χ0n) is 31.8. The molecule has 1 atom stereocenters. The molecule has 0 radical (unpaired) electrons. The van der Waals surface area contributed by atoms with Crippen LogP contribution in [0.4, 0.5) is 4.79 Å². The number of rotatable bonds is 19. The summed E-state index contributed by atoms with van der Waals surface area (Å²) in [6.45, 7) is 10.6. The number of aromatic nitrogens is 1. The standard InChI is InChI=1S/C42H52N6O6/c1-7-25-48(46-41(51)44-27-32-15-11-10-12-16-32)29-38(49)45-37(26-31-20-22-34(23-21-31)54-42(4,5)6)40(50)47(30-39(52-8-2)53-9-3)28-33-17-13-19-36-35(33)18-14-24-43-36/h1,10-24,37,39H,8-9,25-30H2,2-6H3,(H,45,49)(H2,44,46,51)/t37-/m0/s1. The van der Waals surface area contributed by atoms with Crippen molar-refractivity contribution in [2.24, 2.45) is 0 Å². The third-order valence-electron chi connectivity index (χ3n) is 8.08. The molecule has 3 aromatic carbocycles. The number of hydrogen-bond donors (Lipinski definition) is 3. The summed E-state index contributed by atoms with van der Waals surface area (Å²) in [6, 6.07) is 24.9. The van der Waals surface area contributed by atoms with Crippen molar-refractivity contribution in [3.63, 3.8) is 0 Å². The second-order valence-corrected chi connectivity index (χ2v) is 13.6. The first-order valence-corrected chi connectivity index (χ1v) is 18.2. The monoisotopic (exact) mass is 736 g/mol. The highest BCUT2D eigenvalue weighted by Gasteiger charge is 2.30. The van der Waals surface area contributed by atoms with E-state index in [1.165, 1.54) is 5.01 Å². The molecule has 54 heavy (non-hydrogen) atoms. The number of nitrogens with one attached hydrogen (secondary N) is 3. The maximum atomic E-state index is 14.8. The molecule has 0 bridgehead atoms. The van der Waals surface area contributed by atoms with Gasteiger partial charge < -0.3 is 29.7 Å². The summed E-state index contributed by atoms with van der Waals surface area (Å²) in [5, 5.41) is 7.93. The normalized spacial score (nSPS) is 11.9. The average molecular weight is 737 g/mol.